The summed E-state index contributed by atoms with van der Waals surface area (Å²) >= 11 is 0. The summed E-state index contributed by atoms with van der Waals surface area (Å²) in [6.45, 7) is 7.68. The van der Waals surface area contributed by atoms with Crippen LogP contribution in [0.4, 0.5) is 10.1 Å². The zero-order valence-electron chi connectivity index (χ0n) is 18.1. The molecule has 2 unspecified atom stereocenters. The van der Waals surface area contributed by atoms with Crippen molar-refractivity contribution in [3.05, 3.63) is 39.9 Å². The summed E-state index contributed by atoms with van der Waals surface area (Å²) in [5.41, 5.74) is 0.0237. The van der Waals surface area contributed by atoms with E-state index in [0.29, 0.717) is 37.3 Å². The minimum absolute atomic E-state index is 0.0227. The molecule has 1 aliphatic carbocycles. The summed E-state index contributed by atoms with van der Waals surface area (Å²) in [7, 11) is 0. The molecule has 7 nitrogen and oxygen atoms in total. The van der Waals surface area contributed by atoms with Crippen molar-refractivity contribution in [1.82, 2.24) is 9.47 Å². The van der Waals surface area contributed by atoms with Gasteiger partial charge in [-0.15, -0.1) is 0 Å². The first-order valence-electron chi connectivity index (χ1n) is 10.8. The van der Waals surface area contributed by atoms with E-state index in [1.807, 2.05) is 16.4 Å². The number of carboxylic acid groups (broad SMARTS) is 1. The van der Waals surface area contributed by atoms with Gasteiger partial charge in [0.2, 0.25) is 5.43 Å². The minimum atomic E-state index is -1.30. The molecule has 1 aromatic carbocycles. The SMILES string of the molecule is CC(=O)CCN1CC(C)N(c2cc3c(cc2F)c(=O)c(C(=O)O)cn3C2CC2)CC1C. The highest BCUT2D eigenvalue weighted by atomic mass is 19.1. The van der Waals surface area contributed by atoms with Crippen molar-refractivity contribution in [1.29, 1.82) is 0 Å². The number of aromatic carboxylic acids is 1. The van der Waals surface area contributed by atoms with Crippen LogP contribution in [0.5, 0.6) is 0 Å². The molecule has 2 fully saturated rings. The van der Waals surface area contributed by atoms with E-state index in [0.717, 1.165) is 12.8 Å². The number of hydrogen-bond donors (Lipinski definition) is 1. The highest BCUT2D eigenvalue weighted by Gasteiger charge is 2.32. The van der Waals surface area contributed by atoms with Crippen LogP contribution in [-0.4, -0.2) is 58.0 Å². The minimum Gasteiger partial charge on any atom is -0.477 e. The van der Waals surface area contributed by atoms with Gasteiger partial charge in [0.05, 0.1) is 11.2 Å². The Morgan fingerprint density at radius 2 is 1.87 bits per heavy atom. The summed E-state index contributed by atoms with van der Waals surface area (Å²) in [6.07, 6.45) is 3.72. The van der Waals surface area contributed by atoms with Crippen molar-refractivity contribution in [2.45, 2.75) is 58.2 Å². The summed E-state index contributed by atoms with van der Waals surface area (Å²) in [4.78, 5) is 39.8. The molecule has 2 aliphatic rings. The second-order valence-electron chi connectivity index (χ2n) is 8.93. The van der Waals surface area contributed by atoms with Crippen LogP contribution in [0.3, 0.4) is 0 Å². The van der Waals surface area contributed by atoms with Gasteiger partial charge in [0.1, 0.15) is 17.2 Å². The van der Waals surface area contributed by atoms with Gasteiger partial charge in [-0.2, -0.15) is 0 Å². The molecule has 1 aliphatic heterocycles. The standard InChI is InChI=1S/C23H28FN3O4/c1-13-11-26(14(2)10-25(13)7-6-15(3)28)21-9-20-17(8-19(21)24)22(29)18(23(30)31)12-27(20)16-4-5-16/h8-9,12-14,16H,4-7,10-11H2,1-3H3,(H,30,31). The van der Waals surface area contributed by atoms with E-state index in [1.165, 1.54) is 12.3 Å². The number of carbonyl (C=O) groups is 2. The molecule has 1 saturated heterocycles. The van der Waals surface area contributed by atoms with Gasteiger partial charge in [-0.3, -0.25) is 14.5 Å². The van der Waals surface area contributed by atoms with Crippen molar-refractivity contribution in [3.63, 3.8) is 0 Å². The fraction of sp³-hybridized carbons (Fsp3) is 0.522. The number of benzene rings is 1. The maximum atomic E-state index is 15.2. The molecule has 1 saturated carbocycles. The van der Waals surface area contributed by atoms with E-state index in [1.54, 1.807) is 13.0 Å². The number of fused-ring (bicyclic) bond motifs is 1. The van der Waals surface area contributed by atoms with Crippen molar-refractivity contribution >= 4 is 28.3 Å². The Bertz CT molecular complexity index is 1110. The molecule has 166 valence electrons. The molecule has 31 heavy (non-hydrogen) atoms. The number of carboxylic acids is 1. The van der Waals surface area contributed by atoms with Gasteiger partial charge < -0.3 is 14.6 Å². The molecule has 4 rings (SSSR count). The molecule has 8 heteroatoms. The highest BCUT2D eigenvalue weighted by molar-refractivity contribution is 5.93. The Labute approximate surface area is 180 Å². The number of piperazine rings is 1. The number of aromatic nitrogens is 1. The van der Waals surface area contributed by atoms with Gasteiger partial charge in [-0.25, -0.2) is 9.18 Å². The van der Waals surface area contributed by atoms with Crippen LogP contribution in [0, 0.1) is 5.82 Å². The van der Waals surface area contributed by atoms with E-state index in [-0.39, 0.29) is 34.9 Å². The van der Waals surface area contributed by atoms with Gasteiger partial charge in [0, 0.05) is 55.8 Å². The molecule has 0 radical (unpaired) electrons. The first kappa shape index (κ1) is 21.5. The number of nitrogens with zero attached hydrogens (tertiary/aromatic N) is 3. The Morgan fingerprint density at radius 1 is 1.16 bits per heavy atom. The fourth-order valence-corrected chi connectivity index (χ4v) is 4.53. The quantitative estimate of drug-likeness (QED) is 0.760. The van der Waals surface area contributed by atoms with Gasteiger partial charge in [-0.1, -0.05) is 0 Å². The van der Waals surface area contributed by atoms with Crippen LogP contribution in [0.15, 0.2) is 23.1 Å². The maximum absolute atomic E-state index is 15.2. The molecule has 0 spiro atoms. The third-order valence-electron chi connectivity index (χ3n) is 6.45. The number of ketones is 1. The first-order valence-corrected chi connectivity index (χ1v) is 10.8. The molecule has 0 amide bonds. The maximum Gasteiger partial charge on any atom is 0.341 e. The lowest BCUT2D eigenvalue weighted by Crippen LogP contribution is -2.57. The van der Waals surface area contributed by atoms with Crippen molar-refractivity contribution < 1.29 is 19.1 Å². The second-order valence-corrected chi connectivity index (χ2v) is 8.93. The highest BCUT2D eigenvalue weighted by Crippen LogP contribution is 2.38. The Morgan fingerprint density at radius 3 is 2.48 bits per heavy atom. The summed E-state index contributed by atoms with van der Waals surface area (Å²) in [6, 6.07) is 3.20. The Kier molecular flexibility index (Phi) is 5.60. The number of Topliss-reactive ketones (excluding diaryl/α,β-unsaturated/α-hetero) is 1. The number of anilines is 1. The largest absolute Gasteiger partial charge is 0.477 e. The molecule has 1 aromatic heterocycles. The van der Waals surface area contributed by atoms with Crippen molar-refractivity contribution in [2.24, 2.45) is 0 Å². The molecular weight excluding hydrogens is 401 g/mol. The molecule has 2 aromatic rings. The lowest BCUT2D eigenvalue weighted by atomic mass is 10.0. The molecule has 0 bridgehead atoms. The predicted octanol–water partition coefficient (Wildman–Crippen LogP) is 3.05. The monoisotopic (exact) mass is 429 g/mol. The predicted molar refractivity (Wildman–Crippen MR) is 117 cm³/mol. The number of rotatable bonds is 6. The number of pyridine rings is 1. The first-order chi connectivity index (χ1) is 14.7. The van der Waals surface area contributed by atoms with E-state index in [4.69, 9.17) is 0 Å². The topological polar surface area (TPSA) is 82.8 Å². The zero-order valence-corrected chi connectivity index (χ0v) is 18.1. The van der Waals surface area contributed by atoms with Gasteiger partial charge in [0.15, 0.2) is 0 Å². The van der Waals surface area contributed by atoms with E-state index in [2.05, 4.69) is 11.8 Å². The lowest BCUT2D eigenvalue weighted by molar-refractivity contribution is -0.117. The van der Waals surface area contributed by atoms with Crippen LogP contribution < -0.4 is 10.3 Å². The van der Waals surface area contributed by atoms with Crippen LogP contribution in [-0.2, 0) is 4.79 Å². The zero-order chi connectivity index (χ0) is 22.4. The number of hydrogen-bond acceptors (Lipinski definition) is 5. The van der Waals surface area contributed by atoms with Gasteiger partial charge in [0.25, 0.3) is 0 Å². The van der Waals surface area contributed by atoms with Gasteiger partial charge in [-0.05, 0) is 45.7 Å². The average molecular weight is 429 g/mol. The Balaban J connectivity index is 1.73. The van der Waals surface area contributed by atoms with Crippen LogP contribution >= 0.6 is 0 Å². The third-order valence-corrected chi connectivity index (χ3v) is 6.45. The van der Waals surface area contributed by atoms with E-state index in [9.17, 15) is 19.5 Å². The molecular formula is C23H28FN3O4. The average Bonchev–Trinajstić information content (AvgIpc) is 3.53. The van der Waals surface area contributed by atoms with Crippen LogP contribution in [0.25, 0.3) is 10.9 Å². The van der Waals surface area contributed by atoms with Crippen molar-refractivity contribution in [3.8, 4) is 0 Å². The normalized spacial score (nSPS) is 22.1. The van der Waals surface area contributed by atoms with Crippen molar-refractivity contribution in [2.75, 3.05) is 24.5 Å². The molecule has 2 heterocycles. The Hall–Kier alpha value is -2.74. The van der Waals surface area contributed by atoms with Crippen LogP contribution in [0.1, 0.15) is 56.4 Å². The van der Waals surface area contributed by atoms with Crippen LogP contribution in [0.2, 0.25) is 0 Å². The summed E-state index contributed by atoms with van der Waals surface area (Å²) in [5.74, 6) is -1.66. The smallest absolute Gasteiger partial charge is 0.341 e. The third kappa shape index (κ3) is 4.08. The summed E-state index contributed by atoms with van der Waals surface area (Å²) < 4.78 is 17.0. The van der Waals surface area contributed by atoms with Gasteiger partial charge >= 0.3 is 5.97 Å². The second kappa shape index (κ2) is 8.07. The molecule has 1 N–H and O–H groups in total. The number of halogens is 1. The molecule has 2 atom stereocenters. The van der Waals surface area contributed by atoms with E-state index < -0.39 is 17.2 Å². The van der Waals surface area contributed by atoms with E-state index >= 15 is 4.39 Å². The number of carbonyl (C=O) groups excluding carboxylic acids is 1. The fourth-order valence-electron chi connectivity index (χ4n) is 4.53. The summed E-state index contributed by atoms with van der Waals surface area (Å²) in [5, 5.41) is 9.51. The lowest BCUT2D eigenvalue weighted by Gasteiger charge is -2.45.